The molecule has 0 radical (unpaired) electrons. The molecule has 1 aliphatic rings. The summed E-state index contributed by atoms with van der Waals surface area (Å²) >= 11 is 0. The molecule has 2 rings (SSSR count). The van der Waals surface area contributed by atoms with Crippen molar-refractivity contribution >= 4 is 5.78 Å². The molecule has 0 bridgehead atoms. The molecule has 0 spiro atoms. The first-order chi connectivity index (χ1) is 7.94. The molecule has 1 heterocycles. The molecule has 1 aromatic rings. The van der Waals surface area contributed by atoms with Gasteiger partial charge in [-0.25, -0.2) is 4.39 Å². The molecule has 1 N–H and O–H groups in total. The van der Waals surface area contributed by atoms with Crippen LogP contribution in [0.3, 0.4) is 0 Å². The van der Waals surface area contributed by atoms with Crippen LogP contribution < -0.4 is 5.32 Å². The van der Waals surface area contributed by atoms with Crippen LogP contribution >= 0.6 is 0 Å². The van der Waals surface area contributed by atoms with Gasteiger partial charge in [0.05, 0.1) is 11.1 Å². The molecule has 1 fully saturated rings. The van der Waals surface area contributed by atoms with E-state index in [1.807, 2.05) is 19.9 Å². The molecule has 17 heavy (non-hydrogen) atoms. The number of aryl methyl sites for hydroxylation is 2. The van der Waals surface area contributed by atoms with Crippen LogP contribution in [0, 0.1) is 19.7 Å². The summed E-state index contributed by atoms with van der Waals surface area (Å²) in [4.78, 5) is 12.4. The Balaban J connectivity index is 2.44. The van der Waals surface area contributed by atoms with Crippen LogP contribution in [0.4, 0.5) is 4.39 Å². The number of nitrogens with one attached hydrogen (secondary N) is 1. The van der Waals surface area contributed by atoms with Crippen molar-refractivity contribution in [3.8, 4) is 0 Å². The number of hydrogen-bond donors (Lipinski definition) is 1. The maximum atomic E-state index is 13.9. The second-order valence-electron chi connectivity index (χ2n) is 5.13. The van der Waals surface area contributed by atoms with Crippen molar-refractivity contribution in [2.45, 2.75) is 39.2 Å². The first-order valence-electron chi connectivity index (χ1n) is 6.00. The average Bonchev–Trinajstić information content (AvgIpc) is 2.64. The lowest BCUT2D eigenvalue weighted by Gasteiger charge is -2.24. The van der Waals surface area contributed by atoms with E-state index in [1.54, 1.807) is 6.92 Å². The van der Waals surface area contributed by atoms with Gasteiger partial charge >= 0.3 is 0 Å². The first kappa shape index (κ1) is 12.2. The minimum absolute atomic E-state index is 0.120. The lowest BCUT2D eigenvalue weighted by molar-refractivity contribution is 0.0879. The van der Waals surface area contributed by atoms with Crippen LogP contribution in [0.15, 0.2) is 12.1 Å². The topological polar surface area (TPSA) is 29.1 Å². The predicted octanol–water partition coefficient (Wildman–Crippen LogP) is 2.77. The fourth-order valence-corrected chi connectivity index (χ4v) is 2.57. The van der Waals surface area contributed by atoms with Gasteiger partial charge in [-0.15, -0.1) is 0 Å². The second-order valence-corrected chi connectivity index (χ2v) is 5.13. The van der Waals surface area contributed by atoms with Gasteiger partial charge in [0.2, 0.25) is 0 Å². The highest BCUT2D eigenvalue weighted by Gasteiger charge is 2.38. The van der Waals surface area contributed by atoms with Crippen LogP contribution in [-0.4, -0.2) is 17.9 Å². The number of halogens is 1. The zero-order valence-corrected chi connectivity index (χ0v) is 10.6. The van der Waals surface area contributed by atoms with E-state index in [0.29, 0.717) is 0 Å². The zero-order valence-electron chi connectivity index (χ0n) is 10.6. The van der Waals surface area contributed by atoms with Gasteiger partial charge in [0, 0.05) is 0 Å². The maximum absolute atomic E-state index is 13.9. The molecule has 92 valence electrons. The minimum atomic E-state index is -0.596. The summed E-state index contributed by atoms with van der Waals surface area (Å²) in [5.41, 5.74) is 1.22. The van der Waals surface area contributed by atoms with Crippen molar-refractivity contribution in [3.63, 3.8) is 0 Å². The van der Waals surface area contributed by atoms with Crippen molar-refractivity contribution in [3.05, 3.63) is 34.6 Å². The SMILES string of the molecule is Cc1cc(C)c(C(=O)C2(C)CCCN2)c(F)c1. The van der Waals surface area contributed by atoms with Crippen LogP contribution in [0.1, 0.15) is 41.3 Å². The monoisotopic (exact) mass is 235 g/mol. The fraction of sp³-hybridized carbons (Fsp3) is 0.500. The number of rotatable bonds is 2. The van der Waals surface area contributed by atoms with Crippen molar-refractivity contribution in [1.82, 2.24) is 5.32 Å². The van der Waals surface area contributed by atoms with E-state index in [9.17, 15) is 9.18 Å². The highest BCUT2D eigenvalue weighted by molar-refractivity contribution is 6.04. The highest BCUT2D eigenvalue weighted by Crippen LogP contribution is 2.27. The molecule has 1 aliphatic heterocycles. The average molecular weight is 235 g/mol. The van der Waals surface area contributed by atoms with Crippen LogP contribution in [-0.2, 0) is 0 Å². The molecule has 1 unspecified atom stereocenters. The number of benzene rings is 1. The third kappa shape index (κ3) is 2.12. The molecule has 0 aliphatic carbocycles. The molecule has 1 atom stereocenters. The Hall–Kier alpha value is -1.22. The summed E-state index contributed by atoms with van der Waals surface area (Å²) in [7, 11) is 0. The van der Waals surface area contributed by atoms with Crippen molar-refractivity contribution in [2.24, 2.45) is 0 Å². The van der Waals surface area contributed by atoms with E-state index in [2.05, 4.69) is 5.32 Å². The molecular formula is C14H18FNO. The largest absolute Gasteiger partial charge is 0.305 e. The van der Waals surface area contributed by atoms with Crippen molar-refractivity contribution in [1.29, 1.82) is 0 Å². The summed E-state index contributed by atoms with van der Waals surface area (Å²) in [5, 5.41) is 3.18. The van der Waals surface area contributed by atoms with Gasteiger partial charge in [0.25, 0.3) is 0 Å². The maximum Gasteiger partial charge on any atom is 0.185 e. The number of hydrogen-bond acceptors (Lipinski definition) is 2. The highest BCUT2D eigenvalue weighted by atomic mass is 19.1. The van der Waals surface area contributed by atoms with E-state index >= 15 is 0 Å². The quantitative estimate of drug-likeness (QED) is 0.799. The van der Waals surface area contributed by atoms with Crippen LogP contribution in [0.25, 0.3) is 0 Å². The zero-order chi connectivity index (χ0) is 12.6. The second kappa shape index (κ2) is 4.22. The van der Waals surface area contributed by atoms with E-state index in [4.69, 9.17) is 0 Å². The normalized spacial score (nSPS) is 24.0. The number of Topliss-reactive ketones (excluding diaryl/α,β-unsaturated/α-hetero) is 1. The number of carbonyl (C=O) groups is 1. The summed E-state index contributed by atoms with van der Waals surface area (Å²) < 4.78 is 13.9. The summed E-state index contributed by atoms with van der Waals surface area (Å²) in [5.74, 6) is -0.521. The van der Waals surface area contributed by atoms with Gasteiger partial charge in [-0.05, 0) is 57.4 Å². The smallest absolute Gasteiger partial charge is 0.185 e. The van der Waals surface area contributed by atoms with E-state index in [0.717, 1.165) is 30.5 Å². The molecule has 0 amide bonds. The molecule has 2 nitrogen and oxygen atoms in total. The fourth-order valence-electron chi connectivity index (χ4n) is 2.57. The summed E-state index contributed by atoms with van der Waals surface area (Å²) in [6.07, 6.45) is 1.74. The lowest BCUT2D eigenvalue weighted by atomic mass is 9.87. The first-order valence-corrected chi connectivity index (χ1v) is 6.00. The van der Waals surface area contributed by atoms with Gasteiger partial charge in [-0.1, -0.05) is 6.07 Å². The van der Waals surface area contributed by atoms with Crippen molar-refractivity contribution < 1.29 is 9.18 Å². The van der Waals surface area contributed by atoms with Gasteiger partial charge in [-0.3, -0.25) is 4.79 Å². The van der Waals surface area contributed by atoms with Gasteiger partial charge in [0.1, 0.15) is 5.82 Å². The molecule has 1 aromatic carbocycles. The van der Waals surface area contributed by atoms with Crippen LogP contribution in [0.5, 0.6) is 0 Å². The van der Waals surface area contributed by atoms with E-state index in [1.165, 1.54) is 6.07 Å². The molecule has 1 saturated heterocycles. The Bertz CT molecular complexity index is 438. The third-order valence-electron chi connectivity index (χ3n) is 3.53. The van der Waals surface area contributed by atoms with Gasteiger partial charge in [-0.2, -0.15) is 0 Å². The Morgan fingerprint density at radius 2 is 2.12 bits per heavy atom. The summed E-state index contributed by atoms with van der Waals surface area (Å²) in [6, 6.07) is 3.28. The van der Waals surface area contributed by atoms with Crippen molar-refractivity contribution in [2.75, 3.05) is 6.54 Å². The Labute approximate surface area is 101 Å². The minimum Gasteiger partial charge on any atom is -0.305 e. The molecule has 3 heteroatoms. The standard InChI is InChI=1S/C14H18FNO/c1-9-7-10(2)12(11(15)8-9)13(17)14(3)5-4-6-16-14/h7-8,16H,4-6H2,1-3H3. The van der Waals surface area contributed by atoms with Gasteiger partial charge in [0.15, 0.2) is 5.78 Å². The van der Waals surface area contributed by atoms with E-state index in [-0.39, 0.29) is 11.3 Å². The number of carbonyl (C=O) groups excluding carboxylic acids is 1. The van der Waals surface area contributed by atoms with Crippen LogP contribution in [0.2, 0.25) is 0 Å². The Morgan fingerprint density at radius 1 is 1.41 bits per heavy atom. The third-order valence-corrected chi connectivity index (χ3v) is 3.53. The molecular weight excluding hydrogens is 217 g/mol. The predicted molar refractivity (Wildman–Crippen MR) is 65.8 cm³/mol. The summed E-state index contributed by atoms with van der Waals surface area (Å²) in [6.45, 7) is 6.32. The molecule has 0 aromatic heterocycles. The molecule has 0 saturated carbocycles. The Kier molecular flexibility index (Phi) is 3.04. The lowest BCUT2D eigenvalue weighted by Crippen LogP contribution is -2.45. The van der Waals surface area contributed by atoms with Gasteiger partial charge < -0.3 is 5.32 Å². The van der Waals surface area contributed by atoms with E-state index < -0.39 is 11.4 Å². The Morgan fingerprint density at radius 3 is 2.65 bits per heavy atom. The number of ketones is 1.